The van der Waals surface area contributed by atoms with Gasteiger partial charge in [-0.1, -0.05) is 37.7 Å². The number of nitrogens with zero attached hydrogens (tertiary/aromatic N) is 2. The Hall–Kier alpha value is -2.10. The van der Waals surface area contributed by atoms with Crippen LogP contribution in [-0.2, 0) is 25.6 Å². The Morgan fingerprint density at radius 2 is 1.88 bits per heavy atom. The summed E-state index contributed by atoms with van der Waals surface area (Å²) in [6, 6.07) is 7.33. The van der Waals surface area contributed by atoms with E-state index in [0.717, 1.165) is 17.7 Å². The number of ketones is 1. The molecule has 5 atom stereocenters. The van der Waals surface area contributed by atoms with Gasteiger partial charge in [0.1, 0.15) is 28.9 Å². The van der Waals surface area contributed by atoms with Crippen LogP contribution in [0, 0.1) is 5.92 Å². The molecule has 1 aromatic rings. The Labute approximate surface area is 206 Å². The van der Waals surface area contributed by atoms with E-state index in [1.54, 1.807) is 12.0 Å². The molecule has 8 nitrogen and oxygen atoms in total. The summed E-state index contributed by atoms with van der Waals surface area (Å²) in [6.45, 7) is 11.8. The van der Waals surface area contributed by atoms with Gasteiger partial charge in [-0.05, 0) is 51.8 Å². The van der Waals surface area contributed by atoms with Crippen molar-refractivity contribution in [2.45, 2.75) is 83.9 Å². The number of fused-ring (bicyclic) bond motifs is 1. The normalized spacial score (nSPS) is 26.4. The van der Waals surface area contributed by atoms with E-state index in [1.807, 2.05) is 58.9 Å². The van der Waals surface area contributed by atoms with Gasteiger partial charge in [-0.3, -0.25) is 14.7 Å². The molecule has 0 spiro atoms. The second-order valence-corrected chi connectivity index (χ2v) is 10.7. The Kier molecular flexibility index (Phi) is 8.65. The smallest absolute Gasteiger partial charge is 0.416 e. The third kappa shape index (κ3) is 6.31. The maximum atomic E-state index is 12.9. The zero-order valence-electron chi connectivity index (χ0n) is 21.1. The number of hydrogen-bond acceptors (Lipinski definition) is 8. The van der Waals surface area contributed by atoms with Crippen molar-refractivity contribution in [1.29, 1.82) is 0 Å². The molecule has 1 fully saturated rings. The lowest BCUT2D eigenvalue weighted by Gasteiger charge is -2.40. The molecule has 3 rings (SSSR count). The average Bonchev–Trinajstić information content (AvgIpc) is 3.18. The van der Waals surface area contributed by atoms with Crippen LogP contribution < -0.4 is 4.74 Å². The molecule has 0 aromatic heterocycles. The molecule has 34 heavy (non-hydrogen) atoms. The van der Waals surface area contributed by atoms with Crippen LogP contribution in [0.2, 0.25) is 0 Å². The molecule has 1 amide bonds. The summed E-state index contributed by atoms with van der Waals surface area (Å²) in [4.78, 5) is 31.7. The molecule has 0 aliphatic carbocycles. The molecule has 2 aliphatic rings. The number of amides is 1. The van der Waals surface area contributed by atoms with Gasteiger partial charge in [0, 0.05) is 12.5 Å². The van der Waals surface area contributed by atoms with Crippen molar-refractivity contribution in [3.05, 3.63) is 29.8 Å². The molecule has 0 saturated carbocycles. The van der Waals surface area contributed by atoms with Crippen LogP contribution in [0.3, 0.4) is 0 Å². The van der Waals surface area contributed by atoms with E-state index in [4.69, 9.17) is 23.9 Å². The lowest BCUT2D eigenvalue weighted by atomic mass is 9.88. The van der Waals surface area contributed by atoms with Gasteiger partial charge in [0.05, 0.1) is 19.8 Å². The van der Waals surface area contributed by atoms with Crippen molar-refractivity contribution in [2.24, 2.45) is 10.9 Å². The predicted molar refractivity (Wildman–Crippen MR) is 132 cm³/mol. The van der Waals surface area contributed by atoms with Gasteiger partial charge in [0.25, 0.3) is 0 Å². The second-order valence-electron chi connectivity index (χ2n) is 9.67. The summed E-state index contributed by atoms with van der Waals surface area (Å²) in [5.41, 5.74) is -0.0385. The van der Waals surface area contributed by atoms with Crippen molar-refractivity contribution in [2.75, 3.05) is 13.7 Å². The highest BCUT2D eigenvalue weighted by molar-refractivity contribution is 8.14. The van der Waals surface area contributed by atoms with Crippen molar-refractivity contribution in [1.82, 2.24) is 4.90 Å². The van der Waals surface area contributed by atoms with Crippen LogP contribution in [0.25, 0.3) is 0 Å². The van der Waals surface area contributed by atoms with Crippen molar-refractivity contribution in [3.63, 3.8) is 0 Å². The van der Waals surface area contributed by atoms with E-state index in [9.17, 15) is 9.59 Å². The molecule has 9 heteroatoms. The zero-order chi connectivity index (χ0) is 25.0. The van der Waals surface area contributed by atoms with Gasteiger partial charge in [0.15, 0.2) is 11.0 Å². The molecular weight excluding hydrogens is 456 g/mol. The van der Waals surface area contributed by atoms with Crippen LogP contribution in [0.1, 0.15) is 53.5 Å². The van der Waals surface area contributed by atoms with Crippen molar-refractivity contribution >= 4 is 28.8 Å². The quantitative estimate of drug-likeness (QED) is 0.548. The fourth-order valence-corrected chi connectivity index (χ4v) is 5.26. The van der Waals surface area contributed by atoms with Gasteiger partial charge >= 0.3 is 6.09 Å². The van der Waals surface area contributed by atoms with E-state index >= 15 is 0 Å². The maximum Gasteiger partial charge on any atom is 0.416 e. The molecule has 2 aliphatic heterocycles. The first-order valence-electron chi connectivity index (χ1n) is 11.7. The minimum absolute atomic E-state index is 0.0457. The summed E-state index contributed by atoms with van der Waals surface area (Å²) in [7, 11) is 1.63. The first-order chi connectivity index (χ1) is 16.0. The summed E-state index contributed by atoms with van der Waals surface area (Å²) in [6.07, 6.45) is -0.628. The van der Waals surface area contributed by atoms with Crippen LogP contribution in [0.5, 0.6) is 5.75 Å². The van der Waals surface area contributed by atoms with E-state index in [0.29, 0.717) is 18.3 Å². The van der Waals surface area contributed by atoms with Crippen LogP contribution in [-0.4, -0.2) is 64.9 Å². The SMILES string of the molecule is CCCN(C(=O)OC(C)(C)C)C1=N[C@@H]2[C@@H](OCc3ccc(OC)cc3)[C@H](C)[C@@H](C(C)=O)O[C@@H]2S1. The van der Waals surface area contributed by atoms with E-state index in [-0.39, 0.29) is 23.8 Å². The van der Waals surface area contributed by atoms with Crippen LogP contribution >= 0.6 is 11.8 Å². The Balaban J connectivity index is 1.83. The predicted octanol–water partition coefficient (Wildman–Crippen LogP) is 4.65. The van der Waals surface area contributed by atoms with Crippen molar-refractivity contribution < 1.29 is 28.5 Å². The van der Waals surface area contributed by atoms with Crippen molar-refractivity contribution in [3.8, 4) is 5.75 Å². The number of carbonyl (C=O) groups is 2. The van der Waals surface area contributed by atoms with Gasteiger partial charge in [-0.25, -0.2) is 4.79 Å². The highest BCUT2D eigenvalue weighted by Gasteiger charge is 2.50. The number of hydrogen-bond donors (Lipinski definition) is 0. The molecule has 0 N–H and O–H groups in total. The fraction of sp³-hybridized carbons (Fsp3) is 0.640. The maximum absolute atomic E-state index is 12.9. The monoisotopic (exact) mass is 492 g/mol. The number of Topliss-reactive ketones (excluding diaryl/α,β-unsaturated/α-hetero) is 1. The molecule has 1 saturated heterocycles. The Morgan fingerprint density at radius 3 is 2.44 bits per heavy atom. The highest BCUT2D eigenvalue weighted by atomic mass is 32.2. The van der Waals surface area contributed by atoms with Gasteiger partial charge in [0.2, 0.25) is 0 Å². The van der Waals surface area contributed by atoms with Gasteiger partial charge in [-0.2, -0.15) is 0 Å². The summed E-state index contributed by atoms with van der Waals surface area (Å²) in [5.74, 6) is 0.539. The standard InChI is InChI=1S/C25H36N2O6S/c1-8-13-27(24(29)33-25(4,5)6)23-26-19-21(15(2)20(16(3)28)32-22(19)34-23)31-14-17-9-11-18(30-7)12-10-17/h9-12,15,19-22H,8,13-14H2,1-7H3/t15-,19-,20+,21+,22-/m1/s1. The number of carbonyl (C=O) groups excluding carboxylic acids is 2. The van der Waals surface area contributed by atoms with E-state index < -0.39 is 23.2 Å². The fourth-order valence-electron chi connectivity index (χ4n) is 4.05. The van der Waals surface area contributed by atoms with Crippen LogP contribution in [0.15, 0.2) is 29.3 Å². The minimum Gasteiger partial charge on any atom is -0.497 e. The second kappa shape index (κ2) is 11.1. The number of benzene rings is 1. The Morgan fingerprint density at radius 1 is 1.21 bits per heavy atom. The third-order valence-electron chi connectivity index (χ3n) is 5.67. The lowest BCUT2D eigenvalue weighted by Crippen LogP contribution is -2.53. The summed E-state index contributed by atoms with van der Waals surface area (Å²) < 4.78 is 23.3. The van der Waals surface area contributed by atoms with Crippen LogP contribution in [0.4, 0.5) is 4.79 Å². The number of thioether (sulfide) groups is 1. The van der Waals surface area contributed by atoms with E-state index in [2.05, 4.69) is 0 Å². The molecule has 1 aromatic carbocycles. The van der Waals surface area contributed by atoms with E-state index in [1.165, 1.54) is 18.7 Å². The number of amidine groups is 1. The number of methoxy groups -OCH3 is 1. The first kappa shape index (κ1) is 26.5. The molecule has 0 unspecified atom stereocenters. The number of ether oxygens (including phenoxy) is 4. The average molecular weight is 493 g/mol. The summed E-state index contributed by atoms with van der Waals surface area (Å²) >= 11 is 1.35. The molecule has 0 bridgehead atoms. The molecule has 188 valence electrons. The topological polar surface area (TPSA) is 86.7 Å². The first-order valence-corrected chi connectivity index (χ1v) is 12.6. The van der Waals surface area contributed by atoms with Gasteiger partial charge < -0.3 is 18.9 Å². The van der Waals surface area contributed by atoms with Gasteiger partial charge in [-0.15, -0.1) is 0 Å². The zero-order valence-corrected chi connectivity index (χ0v) is 21.9. The largest absolute Gasteiger partial charge is 0.497 e. The highest BCUT2D eigenvalue weighted by Crippen LogP contribution is 2.41. The lowest BCUT2D eigenvalue weighted by molar-refractivity contribution is -0.158. The molecule has 2 heterocycles. The third-order valence-corrected chi connectivity index (χ3v) is 6.83. The number of aliphatic imine (C=N–C) groups is 1. The summed E-state index contributed by atoms with van der Waals surface area (Å²) in [5, 5.41) is 0.542. The Bertz CT molecular complexity index is 898. The number of rotatable bonds is 7. The minimum atomic E-state index is -0.617. The molecule has 0 radical (unpaired) electrons. The molecular formula is C25H36N2O6S.